The zero-order chi connectivity index (χ0) is 10.7. The van der Waals surface area contributed by atoms with Crippen LogP contribution < -0.4 is 5.73 Å². The molecule has 0 aliphatic carbocycles. The predicted octanol–water partition coefficient (Wildman–Crippen LogP) is 2.09. The Morgan fingerprint density at radius 2 is 2.00 bits per heavy atom. The molecule has 1 rings (SSSR count). The molecule has 3 atom stereocenters. The van der Waals surface area contributed by atoms with Gasteiger partial charge in [0.2, 0.25) is 0 Å². The molecule has 0 amide bonds. The smallest absolute Gasteiger partial charge is 0.0191 e. The molecule has 0 aromatic rings. The molecule has 14 heavy (non-hydrogen) atoms. The molecule has 1 heterocycles. The van der Waals surface area contributed by atoms with Crippen LogP contribution in [0.5, 0.6) is 0 Å². The molecule has 2 nitrogen and oxygen atoms in total. The van der Waals surface area contributed by atoms with Crippen molar-refractivity contribution in [2.24, 2.45) is 17.6 Å². The van der Waals surface area contributed by atoms with Gasteiger partial charge in [-0.3, -0.25) is 4.90 Å². The van der Waals surface area contributed by atoms with Gasteiger partial charge in [0.15, 0.2) is 0 Å². The maximum Gasteiger partial charge on any atom is 0.0191 e. The topological polar surface area (TPSA) is 29.3 Å². The monoisotopic (exact) mass is 198 g/mol. The van der Waals surface area contributed by atoms with Gasteiger partial charge in [-0.1, -0.05) is 20.8 Å². The zero-order valence-electron chi connectivity index (χ0n) is 10.2. The van der Waals surface area contributed by atoms with Gasteiger partial charge in [-0.05, 0) is 38.1 Å². The van der Waals surface area contributed by atoms with E-state index in [0.29, 0.717) is 18.0 Å². The van der Waals surface area contributed by atoms with Crippen molar-refractivity contribution in [2.45, 2.75) is 52.6 Å². The summed E-state index contributed by atoms with van der Waals surface area (Å²) in [6, 6.07) is 1.05. The van der Waals surface area contributed by atoms with Crippen LogP contribution >= 0.6 is 0 Å². The number of hydrogen-bond acceptors (Lipinski definition) is 2. The number of nitrogens with zero attached hydrogens (tertiary/aromatic N) is 1. The van der Waals surface area contributed by atoms with Crippen LogP contribution in [0.15, 0.2) is 0 Å². The molecule has 0 bridgehead atoms. The van der Waals surface area contributed by atoms with Gasteiger partial charge in [-0.15, -0.1) is 0 Å². The van der Waals surface area contributed by atoms with Gasteiger partial charge in [0, 0.05) is 18.6 Å². The van der Waals surface area contributed by atoms with Crippen LogP contribution in [0.2, 0.25) is 0 Å². The third-order valence-electron chi connectivity index (χ3n) is 3.81. The number of rotatable bonds is 3. The lowest BCUT2D eigenvalue weighted by molar-refractivity contribution is 0.101. The Morgan fingerprint density at radius 1 is 1.36 bits per heavy atom. The van der Waals surface area contributed by atoms with Crippen LogP contribution in [0.1, 0.15) is 40.5 Å². The fraction of sp³-hybridized carbons (Fsp3) is 1.00. The minimum Gasteiger partial charge on any atom is -0.326 e. The molecule has 1 aliphatic heterocycles. The fourth-order valence-corrected chi connectivity index (χ4v) is 2.16. The maximum atomic E-state index is 6.11. The van der Waals surface area contributed by atoms with Crippen LogP contribution in [0, 0.1) is 11.8 Å². The molecule has 0 spiro atoms. The van der Waals surface area contributed by atoms with Gasteiger partial charge in [0.1, 0.15) is 0 Å². The summed E-state index contributed by atoms with van der Waals surface area (Å²) in [5.74, 6) is 1.43. The highest BCUT2D eigenvalue weighted by atomic mass is 15.2. The second-order valence-electron chi connectivity index (χ2n) is 5.26. The highest BCUT2D eigenvalue weighted by Gasteiger charge is 2.26. The first-order valence-corrected chi connectivity index (χ1v) is 6.02. The third kappa shape index (κ3) is 2.96. The quantitative estimate of drug-likeness (QED) is 0.752. The first-order valence-electron chi connectivity index (χ1n) is 6.02. The van der Waals surface area contributed by atoms with E-state index in [4.69, 9.17) is 5.73 Å². The van der Waals surface area contributed by atoms with Crippen LogP contribution in [0.3, 0.4) is 0 Å². The van der Waals surface area contributed by atoms with E-state index in [0.717, 1.165) is 12.5 Å². The normalized spacial score (nSPS) is 32.1. The van der Waals surface area contributed by atoms with Crippen molar-refractivity contribution >= 4 is 0 Å². The van der Waals surface area contributed by atoms with Gasteiger partial charge in [-0.2, -0.15) is 0 Å². The van der Waals surface area contributed by atoms with Crippen LogP contribution in [-0.4, -0.2) is 30.1 Å². The van der Waals surface area contributed by atoms with E-state index in [1.54, 1.807) is 0 Å². The van der Waals surface area contributed by atoms with E-state index in [-0.39, 0.29) is 0 Å². The standard InChI is InChI=1S/C12H26N2/c1-9(2)12(13)8-14-7-5-6-10(3)11(14)4/h9-12H,5-8,13H2,1-4H3. The molecule has 0 aromatic carbocycles. The molecular formula is C12H26N2. The van der Waals surface area contributed by atoms with Gasteiger partial charge < -0.3 is 5.73 Å². The third-order valence-corrected chi connectivity index (χ3v) is 3.81. The van der Waals surface area contributed by atoms with E-state index < -0.39 is 0 Å². The summed E-state index contributed by atoms with van der Waals surface area (Å²) in [5, 5.41) is 0. The van der Waals surface area contributed by atoms with Gasteiger partial charge in [-0.25, -0.2) is 0 Å². The molecule has 2 heteroatoms. The molecule has 0 radical (unpaired) electrons. The van der Waals surface area contributed by atoms with Gasteiger partial charge in [0.25, 0.3) is 0 Å². The molecule has 1 fully saturated rings. The summed E-state index contributed by atoms with van der Waals surface area (Å²) in [5.41, 5.74) is 6.11. The highest BCUT2D eigenvalue weighted by molar-refractivity contribution is 4.81. The summed E-state index contributed by atoms with van der Waals surface area (Å²) in [7, 11) is 0. The SMILES string of the molecule is CC(C)C(N)CN1CCCC(C)C1C. The summed E-state index contributed by atoms with van der Waals surface area (Å²) in [6.07, 6.45) is 2.73. The lowest BCUT2D eigenvalue weighted by Crippen LogP contribution is -2.49. The van der Waals surface area contributed by atoms with Crippen LogP contribution in [-0.2, 0) is 0 Å². The second kappa shape index (κ2) is 5.13. The first kappa shape index (κ1) is 12.0. The lowest BCUT2D eigenvalue weighted by Gasteiger charge is -2.39. The van der Waals surface area contributed by atoms with Gasteiger partial charge in [0.05, 0.1) is 0 Å². The van der Waals surface area contributed by atoms with Gasteiger partial charge >= 0.3 is 0 Å². The largest absolute Gasteiger partial charge is 0.326 e. The van der Waals surface area contributed by atoms with E-state index in [2.05, 4.69) is 32.6 Å². The Kier molecular flexibility index (Phi) is 4.39. The minimum absolute atomic E-state index is 0.336. The number of piperidine rings is 1. The average molecular weight is 198 g/mol. The van der Waals surface area contributed by atoms with Crippen LogP contribution in [0.25, 0.3) is 0 Å². The summed E-state index contributed by atoms with van der Waals surface area (Å²) >= 11 is 0. The molecule has 0 saturated carbocycles. The van der Waals surface area contributed by atoms with Crippen LogP contribution in [0.4, 0.5) is 0 Å². The van der Waals surface area contributed by atoms with E-state index >= 15 is 0 Å². The molecule has 84 valence electrons. The van der Waals surface area contributed by atoms with Crippen molar-refractivity contribution in [3.63, 3.8) is 0 Å². The first-order chi connectivity index (χ1) is 6.52. The van der Waals surface area contributed by atoms with Crippen molar-refractivity contribution in [1.82, 2.24) is 4.90 Å². The summed E-state index contributed by atoms with van der Waals surface area (Å²) < 4.78 is 0. The predicted molar refractivity (Wildman–Crippen MR) is 62.2 cm³/mol. The van der Waals surface area contributed by atoms with Crippen molar-refractivity contribution in [1.29, 1.82) is 0 Å². The minimum atomic E-state index is 0.336. The molecule has 2 N–H and O–H groups in total. The molecule has 1 saturated heterocycles. The fourth-order valence-electron chi connectivity index (χ4n) is 2.16. The molecule has 1 aliphatic rings. The molecule has 3 unspecified atom stereocenters. The Balaban J connectivity index is 2.43. The highest BCUT2D eigenvalue weighted by Crippen LogP contribution is 2.23. The number of likely N-dealkylation sites (tertiary alicyclic amines) is 1. The van der Waals surface area contributed by atoms with E-state index in [9.17, 15) is 0 Å². The van der Waals surface area contributed by atoms with Crippen molar-refractivity contribution < 1.29 is 0 Å². The number of nitrogens with two attached hydrogens (primary N) is 1. The average Bonchev–Trinajstić information content (AvgIpc) is 2.12. The molecule has 0 aromatic heterocycles. The van der Waals surface area contributed by atoms with E-state index in [1.165, 1.54) is 19.4 Å². The lowest BCUT2D eigenvalue weighted by atomic mass is 9.91. The second-order valence-corrected chi connectivity index (χ2v) is 5.26. The van der Waals surface area contributed by atoms with Crippen molar-refractivity contribution in [3.8, 4) is 0 Å². The van der Waals surface area contributed by atoms with E-state index in [1.807, 2.05) is 0 Å². The number of hydrogen-bond donors (Lipinski definition) is 1. The Hall–Kier alpha value is -0.0800. The Bertz CT molecular complexity index is 168. The van der Waals surface area contributed by atoms with Crippen molar-refractivity contribution in [2.75, 3.05) is 13.1 Å². The summed E-state index contributed by atoms with van der Waals surface area (Å²) in [6.45, 7) is 11.4. The molecular weight excluding hydrogens is 172 g/mol. The Morgan fingerprint density at radius 3 is 2.57 bits per heavy atom. The van der Waals surface area contributed by atoms with Crippen molar-refractivity contribution in [3.05, 3.63) is 0 Å². The maximum absolute atomic E-state index is 6.11. The Labute approximate surface area is 88.8 Å². The zero-order valence-corrected chi connectivity index (χ0v) is 10.2. The summed E-state index contributed by atoms with van der Waals surface area (Å²) in [4.78, 5) is 2.57.